The third kappa shape index (κ3) is 10.5. The smallest absolute Gasteiger partial charge is 0.336 e. The molecule has 0 saturated carbocycles. The van der Waals surface area contributed by atoms with Crippen LogP contribution in [-0.2, 0) is 19.1 Å². The third-order valence-corrected chi connectivity index (χ3v) is 6.53. The minimum absolute atomic E-state index is 0.143. The number of fused-ring (bicyclic) bond motifs is 8. The van der Waals surface area contributed by atoms with Crippen molar-refractivity contribution < 1.29 is 47.6 Å². The van der Waals surface area contributed by atoms with Gasteiger partial charge in [-0.2, -0.15) is 0 Å². The quantitative estimate of drug-likeness (QED) is 0.195. The molecule has 5 rings (SSSR count). The van der Waals surface area contributed by atoms with Crippen molar-refractivity contribution in [1.82, 2.24) is 0 Å². The topological polar surface area (TPSA) is 148 Å². The van der Waals surface area contributed by atoms with Crippen molar-refractivity contribution in [2.45, 2.75) is 0 Å². The summed E-state index contributed by atoms with van der Waals surface area (Å²) in [5.41, 5.74) is 1.48. The molecule has 0 aliphatic carbocycles. The molecule has 0 aromatic heterocycles. The molecular weight excluding hydrogens is 620 g/mol. The number of benzene rings is 4. The minimum atomic E-state index is -0.838. The standard InChI is InChI=1S/C36H32N2O10/c39-33-13-14-34(40)48-32-12-4-8-28(24-32)38-36(42)26-6-2-10-30(22-26)46-20-18-44-16-15-43-17-19-45-29-9-1-5-25(21-29)35(41)37-27-7-3-11-31(23-27)47-33/h1-14,21-24H,15-20H2,(H,37,41)(H,38,42). The molecule has 12 nitrogen and oxygen atoms in total. The van der Waals surface area contributed by atoms with Crippen LogP contribution in [-0.4, -0.2) is 63.4 Å². The van der Waals surface area contributed by atoms with Crippen molar-refractivity contribution >= 4 is 35.1 Å². The van der Waals surface area contributed by atoms with Gasteiger partial charge >= 0.3 is 11.9 Å². The lowest BCUT2D eigenvalue weighted by Crippen LogP contribution is -2.15. The second-order valence-corrected chi connectivity index (χ2v) is 10.1. The zero-order chi connectivity index (χ0) is 33.6. The number of amides is 2. The molecule has 0 spiro atoms. The Bertz CT molecular complexity index is 1660. The molecule has 4 aromatic carbocycles. The molecule has 4 aromatic rings. The van der Waals surface area contributed by atoms with Crippen LogP contribution in [0, 0.1) is 0 Å². The summed E-state index contributed by atoms with van der Waals surface area (Å²) in [6, 6.07) is 25.8. The lowest BCUT2D eigenvalue weighted by molar-refractivity contribution is -0.131. The highest BCUT2D eigenvalue weighted by molar-refractivity contribution is 6.05. The van der Waals surface area contributed by atoms with Gasteiger partial charge in [0.25, 0.3) is 11.8 Å². The Labute approximate surface area is 276 Å². The number of rotatable bonds is 0. The Morgan fingerprint density at radius 2 is 0.833 bits per heavy atom. The molecule has 2 amide bonds. The van der Waals surface area contributed by atoms with Gasteiger partial charge in [0.2, 0.25) is 0 Å². The summed E-state index contributed by atoms with van der Waals surface area (Å²) in [5.74, 6) is -1.20. The monoisotopic (exact) mass is 652 g/mol. The molecule has 0 radical (unpaired) electrons. The molecule has 0 atom stereocenters. The van der Waals surface area contributed by atoms with Crippen molar-refractivity contribution in [3.05, 3.63) is 120 Å². The molecule has 1 aliphatic rings. The van der Waals surface area contributed by atoms with Crippen LogP contribution in [0.1, 0.15) is 20.7 Å². The van der Waals surface area contributed by atoms with E-state index in [0.29, 0.717) is 60.4 Å². The van der Waals surface area contributed by atoms with Crippen molar-refractivity contribution in [1.29, 1.82) is 0 Å². The first-order valence-electron chi connectivity index (χ1n) is 15.0. The molecule has 2 N–H and O–H groups in total. The zero-order valence-corrected chi connectivity index (χ0v) is 25.7. The number of hydrogen-bond donors (Lipinski definition) is 2. The molecule has 0 fully saturated rings. The fraction of sp³-hybridized carbons (Fsp3) is 0.167. The lowest BCUT2D eigenvalue weighted by atomic mass is 10.2. The van der Waals surface area contributed by atoms with Gasteiger partial charge in [0.05, 0.1) is 26.4 Å². The molecule has 8 bridgehead atoms. The first-order valence-corrected chi connectivity index (χ1v) is 15.0. The van der Waals surface area contributed by atoms with E-state index in [4.69, 9.17) is 28.4 Å². The molecular formula is C36H32N2O10. The highest BCUT2D eigenvalue weighted by Crippen LogP contribution is 2.22. The van der Waals surface area contributed by atoms with Crippen LogP contribution in [0.15, 0.2) is 109 Å². The summed E-state index contributed by atoms with van der Waals surface area (Å²) in [4.78, 5) is 50.6. The summed E-state index contributed by atoms with van der Waals surface area (Å²) < 4.78 is 33.1. The Morgan fingerprint density at radius 3 is 1.29 bits per heavy atom. The van der Waals surface area contributed by atoms with Crippen molar-refractivity contribution in [3.63, 3.8) is 0 Å². The molecule has 0 unspecified atom stereocenters. The van der Waals surface area contributed by atoms with Crippen LogP contribution in [0.25, 0.3) is 0 Å². The normalized spacial score (nSPS) is 15.5. The van der Waals surface area contributed by atoms with E-state index in [-0.39, 0.29) is 24.7 Å². The summed E-state index contributed by atoms with van der Waals surface area (Å²) in [6.07, 6.45) is 1.83. The second kappa shape index (κ2) is 17.1. The molecule has 12 heteroatoms. The third-order valence-electron chi connectivity index (χ3n) is 6.53. The van der Waals surface area contributed by atoms with Gasteiger partial charge in [-0.05, 0) is 60.7 Å². The van der Waals surface area contributed by atoms with E-state index in [0.717, 1.165) is 12.2 Å². The summed E-state index contributed by atoms with van der Waals surface area (Å²) >= 11 is 0. The van der Waals surface area contributed by atoms with E-state index >= 15 is 0 Å². The lowest BCUT2D eigenvalue weighted by Gasteiger charge is -2.11. The Kier molecular flexibility index (Phi) is 11.9. The number of ether oxygens (including phenoxy) is 6. The van der Waals surface area contributed by atoms with Crippen molar-refractivity contribution in [3.8, 4) is 23.0 Å². The van der Waals surface area contributed by atoms with E-state index in [1.165, 1.54) is 24.3 Å². The van der Waals surface area contributed by atoms with Gasteiger partial charge in [0.1, 0.15) is 36.2 Å². The average molecular weight is 653 g/mol. The van der Waals surface area contributed by atoms with Gasteiger partial charge in [-0.25, -0.2) is 9.59 Å². The first-order chi connectivity index (χ1) is 23.4. The number of esters is 2. The highest BCUT2D eigenvalue weighted by atomic mass is 16.6. The molecule has 0 saturated heterocycles. The minimum Gasteiger partial charge on any atom is -0.491 e. The van der Waals surface area contributed by atoms with Gasteiger partial charge in [-0.15, -0.1) is 0 Å². The summed E-state index contributed by atoms with van der Waals surface area (Å²) in [7, 11) is 0. The largest absolute Gasteiger partial charge is 0.491 e. The van der Waals surface area contributed by atoms with Crippen molar-refractivity contribution in [2.24, 2.45) is 0 Å². The zero-order valence-electron chi connectivity index (χ0n) is 25.7. The van der Waals surface area contributed by atoms with Crippen LogP contribution in [0.5, 0.6) is 23.0 Å². The maximum atomic E-state index is 12.9. The average Bonchev–Trinajstić information content (AvgIpc) is 3.08. The van der Waals surface area contributed by atoms with Crippen LogP contribution in [0.3, 0.4) is 0 Å². The van der Waals surface area contributed by atoms with Crippen molar-refractivity contribution in [2.75, 3.05) is 50.3 Å². The van der Waals surface area contributed by atoms with E-state index in [1.807, 2.05) is 0 Å². The fourth-order valence-electron chi connectivity index (χ4n) is 4.33. The Morgan fingerprint density at radius 1 is 0.438 bits per heavy atom. The molecule has 1 heterocycles. The van der Waals surface area contributed by atoms with Gasteiger partial charge in [-0.3, -0.25) is 9.59 Å². The van der Waals surface area contributed by atoms with Crippen LogP contribution in [0.2, 0.25) is 0 Å². The molecule has 48 heavy (non-hydrogen) atoms. The fourth-order valence-corrected chi connectivity index (χ4v) is 4.33. The maximum absolute atomic E-state index is 12.9. The van der Waals surface area contributed by atoms with Gasteiger partial charge in [0.15, 0.2) is 0 Å². The SMILES string of the molecule is O=C1C=CC(=O)Oc2cccc(c2)NC(=O)c2cccc(c2)OCCOCCOCCOc2cccc(c2)C(=O)Nc2cccc(c2)O1. The molecule has 1 aliphatic heterocycles. The van der Waals surface area contributed by atoms with E-state index in [2.05, 4.69) is 10.6 Å². The van der Waals surface area contributed by atoms with E-state index < -0.39 is 23.8 Å². The van der Waals surface area contributed by atoms with Gasteiger partial charge in [-0.1, -0.05) is 24.3 Å². The van der Waals surface area contributed by atoms with Crippen LogP contribution in [0.4, 0.5) is 11.4 Å². The highest BCUT2D eigenvalue weighted by Gasteiger charge is 2.12. The number of carbonyl (C=O) groups is 4. The second-order valence-electron chi connectivity index (χ2n) is 10.1. The van der Waals surface area contributed by atoms with Crippen LogP contribution < -0.4 is 29.6 Å². The van der Waals surface area contributed by atoms with E-state index in [1.54, 1.807) is 72.8 Å². The van der Waals surface area contributed by atoms with Gasteiger partial charge in [0, 0.05) is 46.8 Å². The Hall–Kier alpha value is -5.98. The Balaban J connectivity index is 1.26. The predicted molar refractivity (Wildman–Crippen MR) is 175 cm³/mol. The number of carbonyl (C=O) groups excluding carboxylic acids is 4. The molecule has 246 valence electrons. The maximum Gasteiger partial charge on any atom is 0.336 e. The van der Waals surface area contributed by atoms with E-state index in [9.17, 15) is 19.2 Å². The number of anilines is 2. The summed E-state index contributed by atoms with van der Waals surface area (Å²) in [6.45, 7) is 1.87. The summed E-state index contributed by atoms with van der Waals surface area (Å²) in [5, 5.41) is 5.51. The number of hydrogen-bond acceptors (Lipinski definition) is 10. The predicted octanol–water partition coefficient (Wildman–Crippen LogP) is 5.06. The number of nitrogens with one attached hydrogen (secondary N) is 2. The van der Waals surface area contributed by atoms with Gasteiger partial charge < -0.3 is 39.1 Å². The first kappa shape index (κ1) is 33.4. The van der Waals surface area contributed by atoms with Crippen LogP contribution >= 0.6 is 0 Å².